The van der Waals surface area contributed by atoms with Gasteiger partial charge in [-0.05, 0) is 68.4 Å². The quantitative estimate of drug-likeness (QED) is 0.680. The van der Waals surface area contributed by atoms with Gasteiger partial charge in [0.25, 0.3) is 5.91 Å². The average Bonchev–Trinajstić information content (AvgIpc) is 3.39. The molecule has 6 nitrogen and oxygen atoms in total. The molecule has 0 saturated heterocycles. The third-order valence-electron chi connectivity index (χ3n) is 7.56. The summed E-state index contributed by atoms with van der Waals surface area (Å²) in [6.45, 7) is 0. The van der Waals surface area contributed by atoms with Crippen molar-refractivity contribution in [3.8, 4) is 0 Å². The van der Waals surface area contributed by atoms with E-state index in [1.807, 2.05) is 12.3 Å². The minimum atomic E-state index is -0.674. The molecule has 2 heterocycles. The number of hydrogen-bond acceptors (Lipinski definition) is 4. The number of nitrogens with zero attached hydrogens (tertiary/aromatic N) is 3. The summed E-state index contributed by atoms with van der Waals surface area (Å²) in [6.07, 6.45) is 11.3. The lowest BCUT2D eigenvalue weighted by atomic mass is 9.53. The molecule has 8 heteroatoms. The summed E-state index contributed by atoms with van der Waals surface area (Å²) in [5.74, 6) is 2.32. The molecule has 4 fully saturated rings. The first-order chi connectivity index (χ1) is 15.0. The molecule has 1 aliphatic heterocycles. The molecule has 31 heavy (non-hydrogen) atoms. The second-order valence-corrected chi connectivity index (χ2v) is 10.6. The molecule has 4 bridgehead atoms. The zero-order valence-electron chi connectivity index (χ0n) is 17.1. The Morgan fingerprint density at radius 2 is 1.81 bits per heavy atom. The second kappa shape index (κ2) is 7.24. The Morgan fingerprint density at radius 1 is 1.10 bits per heavy atom. The van der Waals surface area contributed by atoms with E-state index in [1.54, 1.807) is 18.3 Å². The van der Waals surface area contributed by atoms with Gasteiger partial charge in [-0.2, -0.15) is 5.10 Å². The van der Waals surface area contributed by atoms with Gasteiger partial charge < -0.3 is 10.2 Å². The van der Waals surface area contributed by atoms with Crippen LogP contribution in [0.2, 0.25) is 10.0 Å². The number of carbonyl (C=O) groups is 1. The lowest BCUT2D eigenvalue weighted by Crippen LogP contribution is -2.52. The number of halogens is 2. The largest absolute Gasteiger partial charge is 0.382 e. The van der Waals surface area contributed by atoms with Crippen molar-refractivity contribution in [2.45, 2.75) is 56.6 Å². The fourth-order valence-electron chi connectivity index (χ4n) is 6.58. The van der Waals surface area contributed by atoms with Crippen molar-refractivity contribution < 1.29 is 9.63 Å². The molecule has 1 N–H and O–H groups in total. The minimum absolute atomic E-state index is 0.145. The molecule has 2 aromatic rings. The van der Waals surface area contributed by atoms with Crippen molar-refractivity contribution in [1.82, 2.24) is 9.78 Å². The van der Waals surface area contributed by atoms with Crippen molar-refractivity contribution in [2.75, 3.05) is 5.32 Å². The van der Waals surface area contributed by atoms with Gasteiger partial charge >= 0.3 is 0 Å². The maximum absolute atomic E-state index is 12.8. The summed E-state index contributed by atoms with van der Waals surface area (Å²) in [7, 11) is 0. The fourth-order valence-corrected chi connectivity index (χ4v) is 6.88. The summed E-state index contributed by atoms with van der Waals surface area (Å²) in [5.41, 5.74) is 2.35. The van der Waals surface area contributed by atoms with Gasteiger partial charge in [-0.25, -0.2) is 0 Å². The Kier molecular flexibility index (Phi) is 4.58. The van der Waals surface area contributed by atoms with Crippen molar-refractivity contribution in [1.29, 1.82) is 0 Å². The number of amides is 1. The van der Waals surface area contributed by atoms with Crippen LogP contribution in [0.4, 0.5) is 5.69 Å². The SMILES string of the molecule is O=C(Nc1cnn(C23CC4CC(CC(C4)C2)C3)c1)[C@@H]1CC(c2ccc(Cl)c(Cl)c2)=NO1. The lowest BCUT2D eigenvalue weighted by molar-refractivity contribution is -0.125. The van der Waals surface area contributed by atoms with Gasteiger partial charge in [0.1, 0.15) is 0 Å². The zero-order chi connectivity index (χ0) is 21.2. The number of aromatic nitrogens is 2. The number of nitrogens with one attached hydrogen (secondary N) is 1. The van der Waals surface area contributed by atoms with Gasteiger partial charge in [0.2, 0.25) is 6.10 Å². The van der Waals surface area contributed by atoms with Gasteiger partial charge in [0.05, 0.1) is 33.2 Å². The molecule has 4 aliphatic carbocycles. The van der Waals surface area contributed by atoms with Crippen molar-refractivity contribution in [2.24, 2.45) is 22.9 Å². The van der Waals surface area contributed by atoms with E-state index in [0.717, 1.165) is 23.3 Å². The van der Waals surface area contributed by atoms with Crippen LogP contribution in [0.3, 0.4) is 0 Å². The first-order valence-corrected chi connectivity index (χ1v) is 11.8. The van der Waals surface area contributed by atoms with Crippen LogP contribution in [0.1, 0.15) is 50.5 Å². The Morgan fingerprint density at radius 3 is 2.48 bits per heavy atom. The molecule has 162 valence electrons. The average molecular weight is 459 g/mol. The van der Waals surface area contributed by atoms with Crippen LogP contribution in [0.25, 0.3) is 0 Å². The smallest absolute Gasteiger partial charge is 0.268 e. The van der Waals surface area contributed by atoms with Gasteiger partial charge in [-0.15, -0.1) is 0 Å². The van der Waals surface area contributed by atoms with Crippen LogP contribution in [0.5, 0.6) is 0 Å². The number of carbonyl (C=O) groups excluding carboxylic acids is 1. The Bertz CT molecular complexity index is 1040. The van der Waals surface area contributed by atoms with E-state index in [0.29, 0.717) is 27.9 Å². The highest BCUT2D eigenvalue weighted by molar-refractivity contribution is 6.42. The van der Waals surface area contributed by atoms with Crippen LogP contribution >= 0.6 is 23.2 Å². The topological polar surface area (TPSA) is 68.5 Å². The van der Waals surface area contributed by atoms with E-state index in [9.17, 15) is 4.79 Å². The van der Waals surface area contributed by atoms with Gasteiger partial charge in [0, 0.05) is 18.2 Å². The Balaban J connectivity index is 1.12. The number of hydrogen-bond donors (Lipinski definition) is 1. The molecule has 0 unspecified atom stereocenters. The van der Waals surface area contributed by atoms with Gasteiger partial charge in [-0.1, -0.05) is 34.4 Å². The van der Waals surface area contributed by atoms with Crippen molar-refractivity contribution in [3.05, 3.63) is 46.2 Å². The van der Waals surface area contributed by atoms with Gasteiger partial charge in [0.15, 0.2) is 0 Å². The molecule has 7 rings (SSSR count). The van der Waals surface area contributed by atoms with E-state index in [4.69, 9.17) is 28.0 Å². The molecular formula is C23H24Cl2N4O2. The predicted octanol–water partition coefficient (Wildman–Crippen LogP) is 5.25. The lowest BCUT2D eigenvalue weighted by Gasteiger charge is -2.56. The van der Waals surface area contributed by atoms with Crippen LogP contribution in [-0.2, 0) is 15.2 Å². The Hall–Kier alpha value is -2.05. The zero-order valence-corrected chi connectivity index (χ0v) is 18.6. The molecule has 5 aliphatic rings. The second-order valence-electron chi connectivity index (χ2n) is 9.77. The molecule has 1 atom stereocenters. The maximum atomic E-state index is 12.8. The minimum Gasteiger partial charge on any atom is -0.382 e. The summed E-state index contributed by atoms with van der Waals surface area (Å²) >= 11 is 12.1. The third-order valence-corrected chi connectivity index (χ3v) is 8.30. The normalized spacial score (nSPS) is 33.3. The standard InChI is InChI=1S/C23H24Cl2N4O2/c24-18-2-1-16(6-19(18)25)20-7-21(31-28-20)22(30)27-17-11-26-29(12-17)23-8-13-3-14(9-23)5-15(4-13)10-23/h1-2,6,11-15,21H,3-5,7-10H2,(H,27,30)/t13?,14?,15?,21-,23?/m0/s1. The van der Waals surface area contributed by atoms with E-state index < -0.39 is 6.10 Å². The summed E-state index contributed by atoms with van der Waals surface area (Å²) < 4.78 is 2.14. The molecule has 0 spiro atoms. The monoisotopic (exact) mass is 458 g/mol. The van der Waals surface area contributed by atoms with E-state index >= 15 is 0 Å². The molecule has 1 aromatic heterocycles. The third kappa shape index (κ3) is 3.44. The summed E-state index contributed by atoms with van der Waals surface area (Å²) in [4.78, 5) is 18.2. The van der Waals surface area contributed by atoms with Crippen LogP contribution in [-0.4, -0.2) is 27.5 Å². The number of benzene rings is 1. The van der Waals surface area contributed by atoms with Crippen molar-refractivity contribution >= 4 is 40.5 Å². The highest BCUT2D eigenvalue weighted by atomic mass is 35.5. The number of anilines is 1. The highest BCUT2D eigenvalue weighted by Gasteiger charge is 2.52. The van der Waals surface area contributed by atoms with Crippen molar-refractivity contribution in [3.63, 3.8) is 0 Å². The highest BCUT2D eigenvalue weighted by Crippen LogP contribution is 2.58. The first-order valence-electron chi connectivity index (χ1n) is 11.0. The van der Waals surface area contributed by atoms with E-state index in [2.05, 4.69) is 20.3 Å². The summed E-state index contributed by atoms with van der Waals surface area (Å²) in [5, 5.41) is 12.7. The van der Waals surface area contributed by atoms with E-state index in [1.165, 1.54) is 38.5 Å². The number of oxime groups is 1. The molecule has 1 amide bonds. The molecule has 1 aromatic carbocycles. The summed E-state index contributed by atoms with van der Waals surface area (Å²) in [6, 6.07) is 5.28. The molecular weight excluding hydrogens is 435 g/mol. The number of rotatable bonds is 4. The predicted molar refractivity (Wildman–Crippen MR) is 119 cm³/mol. The van der Waals surface area contributed by atoms with Gasteiger partial charge in [-0.3, -0.25) is 9.48 Å². The maximum Gasteiger partial charge on any atom is 0.268 e. The first kappa shape index (κ1) is 19.6. The fraction of sp³-hybridized carbons (Fsp3) is 0.522. The van der Waals surface area contributed by atoms with Crippen LogP contribution < -0.4 is 5.32 Å². The molecule has 0 radical (unpaired) electrons. The van der Waals surface area contributed by atoms with E-state index in [-0.39, 0.29) is 11.4 Å². The molecule has 4 saturated carbocycles. The Labute approximate surface area is 190 Å². The van der Waals surface area contributed by atoms with Crippen LogP contribution in [0.15, 0.2) is 35.7 Å². The van der Waals surface area contributed by atoms with Crippen LogP contribution in [0, 0.1) is 17.8 Å².